The first-order chi connectivity index (χ1) is 13.2. The molecule has 1 aliphatic heterocycles. The molecule has 0 saturated heterocycles. The number of hydrogen-bond donors (Lipinski definition) is 0. The van der Waals surface area contributed by atoms with Gasteiger partial charge in [-0.15, -0.1) is 0 Å². The van der Waals surface area contributed by atoms with Gasteiger partial charge in [0.2, 0.25) is 0 Å². The van der Waals surface area contributed by atoms with Gasteiger partial charge in [0.05, 0.1) is 20.4 Å². The predicted molar refractivity (Wildman–Crippen MR) is 102 cm³/mol. The highest BCUT2D eigenvalue weighted by Gasteiger charge is 2.42. The van der Waals surface area contributed by atoms with Crippen molar-refractivity contribution in [3.63, 3.8) is 0 Å². The maximum atomic E-state index is 13.2. The van der Waals surface area contributed by atoms with Crippen LogP contribution in [0.4, 0.5) is 11.4 Å². The molecule has 0 spiro atoms. The van der Waals surface area contributed by atoms with Crippen LogP contribution in [-0.2, 0) is 20.0 Å². The van der Waals surface area contributed by atoms with E-state index in [1.807, 2.05) is 0 Å². The first kappa shape index (κ1) is 18.1. The zero-order chi connectivity index (χ0) is 20.1. The lowest BCUT2D eigenvalue weighted by Crippen LogP contribution is -2.39. The van der Waals surface area contributed by atoms with Crippen molar-refractivity contribution in [1.82, 2.24) is 0 Å². The van der Waals surface area contributed by atoms with Crippen molar-refractivity contribution >= 4 is 31.4 Å². The fraction of sp³-hybridized carbons (Fsp3) is 0. The summed E-state index contributed by atoms with van der Waals surface area (Å²) in [6, 6.07) is 16.5. The van der Waals surface area contributed by atoms with Gasteiger partial charge in [-0.25, -0.2) is 8.42 Å². The van der Waals surface area contributed by atoms with E-state index < -0.39 is 25.0 Å². The summed E-state index contributed by atoms with van der Waals surface area (Å²) in [5, 5.41) is 10.8. The van der Waals surface area contributed by atoms with Crippen LogP contribution in [0.25, 0.3) is 11.1 Å². The molecule has 0 amide bonds. The average Bonchev–Trinajstić information content (AvgIpc) is 2.68. The van der Waals surface area contributed by atoms with Crippen LogP contribution in [0.2, 0.25) is 0 Å². The highest BCUT2D eigenvalue weighted by molar-refractivity contribution is 8.10. The third kappa shape index (κ3) is 2.57. The molecule has 0 fully saturated rings. The van der Waals surface area contributed by atoms with Gasteiger partial charge in [0, 0.05) is 23.3 Å². The minimum atomic E-state index is -4.55. The van der Waals surface area contributed by atoms with E-state index in [0.717, 1.165) is 24.3 Å². The summed E-state index contributed by atoms with van der Waals surface area (Å²) in [5.74, 6) is 0. The first-order valence-corrected chi connectivity index (χ1v) is 10.9. The quantitative estimate of drug-likeness (QED) is 0.478. The number of hydrogen-bond acceptors (Lipinski definition) is 6. The number of nitro benzene ring substituents is 1. The molecule has 3 aromatic rings. The van der Waals surface area contributed by atoms with E-state index in [1.165, 1.54) is 18.2 Å². The minimum Gasteiger partial charge on any atom is -0.258 e. The van der Waals surface area contributed by atoms with Crippen molar-refractivity contribution in [2.24, 2.45) is 0 Å². The van der Waals surface area contributed by atoms with E-state index in [9.17, 15) is 26.9 Å². The zero-order valence-electron chi connectivity index (χ0n) is 14.1. The molecule has 3 aromatic carbocycles. The average molecular weight is 416 g/mol. The third-order valence-electron chi connectivity index (χ3n) is 4.34. The van der Waals surface area contributed by atoms with Crippen LogP contribution in [0.15, 0.2) is 82.6 Å². The van der Waals surface area contributed by atoms with Crippen LogP contribution in [0.3, 0.4) is 0 Å². The number of sulfonamides is 2. The molecule has 0 bridgehead atoms. The Hall–Kier alpha value is -3.24. The molecule has 1 heterocycles. The molecule has 0 radical (unpaired) electrons. The van der Waals surface area contributed by atoms with E-state index in [2.05, 4.69) is 0 Å². The molecule has 8 nitrogen and oxygen atoms in total. The largest absolute Gasteiger partial charge is 0.278 e. The Morgan fingerprint density at radius 1 is 0.821 bits per heavy atom. The summed E-state index contributed by atoms with van der Waals surface area (Å²) in [5.41, 5.74) is 0.567. The Bertz CT molecular complexity index is 1320. The van der Waals surface area contributed by atoms with Crippen LogP contribution >= 0.6 is 0 Å². The van der Waals surface area contributed by atoms with Crippen LogP contribution in [0.5, 0.6) is 0 Å². The van der Waals surface area contributed by atoms with Gasteiger partial charge in [0.25, 0.3) is 25.7 Å². The van der Waals surface area contributed by atoms with Crippen molar-refractivity contribution in [3.8, 4) is 11.1 Å². The summed E-state index contributed by atoms with van der Waals surface area (Å²) in [6.45, 7) is 0. The Balaban J connectivity index is 1.98. The highest BCUT2D eigenvalue weighted by atomic mass is 32.3. The molecular formula is C18H12N2O6S2. The Morgan fingerprint density at radius 3 is 2.04 bits per heavy atom. The molecule has 142 valence electrons. The number of fused-ring (bicyclic) bond motifs is 3. The molecule has 10 heteroatoms. The SMILES string of the molecule is O=[N+]([O-])c1ccc(S(=O)(=O)N2c3ccccc3-c3ccccc3S2(=O)=O)cc1. The second kappa shape index (κ2) is 6.14. The number of nitro groups is 1. The number of anilines is 1. The van der Waals surface area contributed by atoms with E-state index in [4.69, 9.17) is 0 Å². The number of rotatable bonds is 3. The lowest BCUT2D eigenvalue weighted by Gasteiger charge is -2.31. The van der Waals surface area contributed by atoms with Crippen LogP contribution in [-0.4, -0.2) is 21.8 Å². The Kier molecular flexibility index (Phi) is 3.98. The number of para-hydroxylation sites is 1. The predicted octanol–water partition coefficient (Wildman–Crippen LogP) is 3.16. The van der Waals surface area contributed by atoms with E-state index in [1.54, 1.807) is 30.3 Å². The maximum Gasteiger partial charge on any atom is 0.278 e. The summed E-state index contributed by atoms with van der Waals surface area (Å²) in [7, 11) is -8.96. The second-order valence-corrected chi connectivity index (χ2v) is 9.74. The molecule has 0 aliphatic carbocycles. The van der Waals surface area contributed by atoms with Gasteiger partial charge in [-0.05, 0) is 24.3 Å². The first-order valence-electron chi connectivity index (χ1n) is 7.98. The molecule has 0 unspecified atom stereocenters. The van der Waals surface area contributed by atoms with Crippen molar-refractivity contribution in [2.75, 3.05) is 3.71 Å². The van der Waals surface area contributed by atoms with Crippen LogP contribution < -0.4 is 3.71 Å². The van der Waals surface area contributed by atoms with Gasteiger partial charge >= 0.3 is 0 Å². The van der Waals surface area contributed by atoms with Gasteiger partial charge in [-0.2, -0.15) is 12.1 Å². The van der Waals surface area contributed by atoms with E-state index in [0.29, 0.717) is 14.8 Å². The van der Waals surface area contributed by atoms with Gasteiger partial charge in [0.15, 0.2) is 0 Å². The highest BCUT2D eigenvalue weighted by Crippen LogP contribution is 2.45. The second-order valence-electron chi connectivity index (χ2n) is 5.97. The van der Waals surface area contributed by atoms with Gasteiger partial charge in [-0.1, -0.05) is 36.4 Å². The summed E-state index contributed by atoms with van der Waals surface area (Å²) >= 11 is 0. The molecule has 1 aliphatic rings. The van der Waals surface area contributed by atoms with Crippen molar-refractivity contribution in [3.05, 3.63) is 82.9 Å². The molecular weight excluding hydrogens is 404 g/mol. The monoisotopic (exact) mass is 416 g/mol. The van der Waals surface area contributed by atoms with Crippen molar-refractivity contribution in [1.29, 1.82) is 0 Å². The minimum absolute atomic E-state index is 0.000414. The fourth-order valence-corrected chi connectivity index (χ4v) is 7.01. The molecule has 28 heavy (non-hydrogen) atoms. The zero-order valence-corrected chi connectivity index (χ0v) is 15.7. The van der Waals surface area contributed by atoms with Gasteiger partial charge in [-0.3, -0.25) is 10.1 Å². The Morgan fingerprint density at radius 2 is 1.39 bits per heavy atom. The number of nitrogens with zero attached hydrogens (tertiary/aromatic N) is 2. The van der Waals surface area contributed by atoms with Crippen LogP contribution in [0, 0.1) is 10.1 Å². The van der Waals surface area contributed by atoms with E-state index >= 15 is 0 Å². The lowest BCUT2D eigenvalue weighted by atomic mass is 10.0. The van der Waals surface area contributed by atoms with Gasteiger partial charge in [0.1, 0.15) is 0 Å². The molecule has 0 saturated carbocycles. The molecule has 0 N–H and O–H groups in total. The standard InChI is InChI=1S/C18H12N2O6S2/c21-19(22)13-9-11-14(12-10-13)27(23,24)20-17-7-3-1-5-15(17)16-6-2-4-8-18(16)28(20,25)26/h1-12H. The molecule has 4 rings (SSSR count). The topological polar surface area (TPSA) is 115 Å². The van der Waals surface area contributed by atoms with E-state index in [-0.39, 0.29) is 21.2 Å². The summed E-state index contributed by atoms with van der Waals surface area (Å²) in [4.78, 5) is 9.66. The van der Waals surface area contributed by atoms with Gasteiger partial charge < -0.3 is 0 Å². The molecule has 0 atom stereocenters. The van der Waals surface area contributed by atoms with Crippen molar-refractivity contribution in [2.45, 2.75) is 9.79 Å². The Labute approximate surface area is 160 Å². The number of non-ortho nitro benzene ring substituents is 1. The summed E-state index contributed by atoms with van der Waals surface area (Å²) in [6.07, 6.45) is 0. The third-order valence-corrected chi connectivity index (χ3v) is 8.56. The van der Waals surface area contributed by atoms with Crippen molar-refractivity contribution < 1.29 is 21.8 Å². The summed E-state index contributed by atoms with van der Waals surface area (Å²) < 4.78 is 53.3. The smallest absolute Gasteiger partial charge is 0.258 e. The number of benzene rings is 3. The molecule has 0 aromatic heterocycles. The maximum absolute atomic E-state index is 13.2. The lowest BCUT2D eigenvalue weighted by molar-refractivity contribution is -0.384. The van der Waals surface area contributed by atoms with Crippen LogP contribution in [0.1, 0.15) is 0 Å². The fourth-order valence-electron chi connectivity index (χ4n) is 3.09. The normalized spacial score (nSPS) is 14.8.